The number of carbonyl (C=O) groups excluding carboxylic acids is 1. The molecule has 1 aliphatic carbocycles. The van der Waals surface area contributed by atoms with Crippen LogP contribution in [-0.2, 0) is 6.54 Å². The van der Waals surface area contributed by atoms with Crippen LogP contribution in [0.4, 0.5) is 0 Å². The molecule has 1 saturated heterocycles. The Bertz CT molecular complexity index is 1180. The molecular formula is C28H32N2O3. The van der Waals surface area contributed by atoms with Crippen LogP contribution in [0.15, 0.2) is 42.5 Å². The topological polar surface area (TPSA) is 54.7 Å². The van der Waals surface area contributed by atoms with E-state index in [4.69, 9.17) is 4.74 Å². The van der Waals surface area contributed by atoms with Gasteiger partial charge in [0, 0.05) is 35.1 Å². The number of carbonyl (C=O) groups is 1. The van der Waals surface area contributed by atoms with E-state index in [1.165, 1.54) is 54.3 Å². The number of hydrogen-bond donors (Lipinski definition) is 1. The predicted octanol–water partition coefficient (Wildman–Crippen LogP) is 5.35. The average Bonchev–Trinajstić information content (AvgIpc) is 3.05. The van der Waals surface area contributed by atoms with E-state index in [-0.39, 0.29) is 12.0 Å². The molecule has 2 fully saturated rings. The van der Waals surface area contributed by atoms with Crippen molar-refractivity contribution in [2.75, 3.05) is 19.7 Å². The molecule has 6 rings (SSSR count). The van der Waals surface area contributed by atoms with E-state index in [9.17, 15) is 9.90 Å². The van der Waals surface area contributed by atoms with Crippen molar-refractivity contribution in [2.45, 2.75) is 63.5 Å². The number of hydrogen-bond acceptors (Lipinski definition) is 3. The van der Waals surface area contributed by atoms with Crippen molar-refractivity contribution in [1.82, 2.24) is 9.47 Å². The van der Waals surface area contributed by atoms with E-state index in [1.54, 1.807) is 0 Å². The minimum atomic E-state index is -0.281. The second-order valence-corrected chi connectivity index (χ2v) is 9.85. The summed E-state index contributed by atoms with van der Waals surface area (Å²) in [4.78, 5) is 15.2. The van der Waals surface area contributed by atoms with Gasteiger partial charge >= 0.3 is 0 Å². The fraction of sp³-hybridized carbons (Fsp3) is 0.464. The Kier molecular flexibility index (Phi) is 5.37. The largest absolute Gasteiger partial charge is 0.491 e. The Hall–Kier alpha value is -2.79. The molecule has 2 aromatic carbocycles. The summed E-state index contributed by atoms with van der Waals surface area (Å²) in [6.07, 6.45) is 7.39. The number of fused-ring (bicyclic) bond motifs is 5. The quantitative estimate of drug-likeness (QED) is 0.580. The van der Waals surface area contributed by atoms with Crippen molar-refractivity contribution in [3.8, 4) is 17.0 Å². The van der Waals surface area contributed by atoms with Crippen molar-refractivity contribution < 1.29 is 14.6 Å². The molecule has 3 aromatic rings. The van der Waals surface area contributed by atoms with Crippen molar-refractivity contribution >= 4 is 16.8 Å². The number of piperidine rings is 1. The second-order valence-electron chi connectivity index (χ2n) is 9.85. The number of aliphatic hydroxyl groups is 1. The lowest BCUT2D eigenvalue weighted by atomic mass is 9.81. The Labute approximate surface area is 195 Å². The van der Waals surface area contributed by atoms with E-state index >= 15 is 0 Å². The molecule has 0 radical (unpaired) electrons. The molecule has 0 spiro atoms. The number of aromatic nitrogens is 1. The lowest BCUT2D eigenvalue weighted by Gasteiger charge is -2.29. The van der Waals surface area contributed by atoms with Gasteiger partial charge in [-0.2, -0.15) is 0 Å². The van der Waals surface area contributed by atoms with Gasteiger partial charge in [0.05, 0.1) is 18.3 Å². The van der Waals surface area contributed by atoms with Gasteiger partial charge < -0.3 is 19.3 Å². The number of likely N-dealkylation sites (tertiary alicyclic amines) is 1. The van der Waals surface area contributed by atoms with Gasteiger partial charge in [-0.1, -0.05) is 37.5 Å². The molecule has 0 atom stereocenters. The van der Waals surface area contributed by atoms with Gasteiger partial charge in [-0.3, -0.25) is 4.79 Å². The number of ether oxygens (including phenoxy) is 1. The fourth-order valence-corrected chi connectivity index (χ4v) is 6.12. The number of aliphatic hydroxyl groups excluding tert-OH is 1. The maximum Gasteiger partial charge on any atom is 0.253 e. The first kappa shape index (κ1) is 20.8. The van der Waals surface area contributed by atoms with E-state index < -0.39 is 0 Å². The molecule has 0 bridgehead atoms. The number of benzene rings is 2. The van der Waals surface area contributed by atoms with Crippen molar-refractivity contribution in [2.24, 2.45) is 0 Å². The van der Waals surface area contributed by atoms with Gasteiger partial charge in [0.15, 0.2) is 0 Å². The summed E-state index contributed by atoms with van der Waals surface area (Å²) < 4.78 is 8.55. The minimum absolute atomic E-state index is 0.0730. The number of amides is 1. The van der Waals surface area contributed by atoms with Gasteiger partial charge in [0.2, 0.25) is 0 Å². The van der Waals surface area contributed by atoms with Crippen molar-refractivity contribution in [3.63, 3.8) is 0 Å². The van der Waals surface area contributed by atoms with Gasteiger partial charge in [0.25, 0.3) is 5.91 Å². The fourth-order valence-electron chi connectivity index (χ4n) is 6.12. The standard InChI is InChI=1S/C28H32N2O3/c31-21-12-14-29(15-13-21)28(32)20-10-11-22-24(18-20)30-16-17-33-25-9-5-4-8-23(25)27(30)26(22)19-6-2-1-3-7-19/h4-5,8-11,18-19,21,31H,1-3,6-7,12-17H2. The Morgan fingerprint density at radius 1 is 0.939 bits per heavy atom. The molecule has 1 aromatic heterocycles. The molecule has 2 aliphatic heterocycles. The average molecular weight is 445 g/mol. The molecule has 5 nitrogen and oxygen atoms in total. The first-order chi connectivity index (χ1) is 16.2. The summed E-state index contributed by atoms with van der Waals surface area (Å²) in [7, 11) is 0. The van der Waals surface area contributed by atoms with Crippen LogP contribution in [0.3, 0.4) is 0 Å². The van der Waals surface area contributed by atoms with Crippen LogP contribution in [0.5, 0.6) is 5.75 Å². The van der Waals surface area contributed by atoms with E-state index in [1.807, 2.05) is 17.0 Å². The van der Waals surface area contributed by atoms with Crippen LogP contribution < -0.4 is 4.74 Å². The highest BCUT2D eigenvalue weighted by molar-refractivity contribution is 6.01. The molecule has 5 heteroatoms. The first-order valence-corrected chi connectivity index (χ1v) is 12.6. The summed E-state index contributed by atoms with van der Waals surface area (Å²) in [5, 5.41) is 11.1. The lowest BCUT2D eigenvalue weighted by Crippen LogP contribution is -2.40. The summed E-state index contributed by atoms with van der Waals surface area (Å²) >= 11 is 0. The van der Waals surface area contributed by atoms with Gasteiger partial charge in [0.1, 0.15) is 12.4 Å². The molecular weight excluding hydrogens is 412 g/mol. The zero-order chi connectivity index (χ0) is 22.4. The molecule has 0 unspecified atom stereocenters. The zero-order valence-corrected chi connectivity index (χ0v) is 19.1. The van der Waals surface area contributed by atoms with Gasteiger partial charge in [-0.25, -0.2) is 0 Å². The summed E-state index contributed by atoms with van der Waals surface area (Å²) in [6, 6.07) is 14.7. The van der Waals surface area contributed by atoms with Crippen molar-refractivity contribution in [3.05, 3.63) is 53.6 Å². The summed E-state index contributed by atoms with van der Waals surface area (Å²) in [6.45, 7) is 2.65. The molecule has 3 heterocycles. The predicted molar refractivity (Wildman–Crippen MR) is 130 cm³/mol. The van der Waals surface area contributed by atoms with Crippen molar-refractivity contribution in [1.29, 1.82) is 0 Å². The van der Waals surface area contributed by atoms with Crippen LogP contribution in [0.25, 0.3) is 22.2 Å². The first-order valence-electron chi connectivity index (χ1n) is 12.6. The zero-order valence-electron chi connectivity index (χ0n) is 19.1. The van der Waals surface area contributed by atoms with E-state index in [2.05, 4.69) is 34.9 Å². The third-order valence-corrected chi connectivity index (χ3v) is 7.83. The number of nitrogens with zero attached hydrogens (tertiary/aromatic N) is 2. The summed E-state index contributed by atoms with van der Waals surface area (Å²) in [5.41, 5.74) is 5.80. The SMILES string of the molecule is O=C(c1ccc2c(C3CCCCC3)c3n(c2c1)CCOc1ccccc1-3)N1CCC(O)CC1. The third kappa shape index (κ3) is 3.63. The molecule has 1 amide bonds. The molecule has 3 aliphatic rings. The van der Waals surface area contributed by atoms with E-state index in [0.717, 1.165) is 23.4 Å². The second kappa shape index (κ2) is 8.53. The molecule has 1 saturated carbocycles. The monoisotopic (exact) mass is 444 g/mol. The Balaban J connectivity index is 1.50. The highest BCUT2D eigenvalue weighted by Crippen LogP contribution is 2.47. The van der Waals surface area contributed by atoms with Crippen LogP contribution in [-0.4, -0.2) is 46.3 Å². The lowest BCUT2D eigenvalue weighted by molar-refractivity contribution is 0.0546. The van der Waals surface area contributed by atoms with Gasteiger partial charge in [-0.05, 0) is 61.4 Å². The van der Waals surface area contributed by atoms with E-state index in [0.29, 0.717) is 38.5 Å². The van der Waals surface area contributed by atoms with Gasteiger partial charge in [-0.15, -0.1) is 0 Å². The number of rotatable bonds is 2. The number of para-hydroxylation sites is 1. The normalized spacial score (nSPS) is 19.6. The van der Waals surface area contributed by atoms with Crippen LogP contribution in [0.2, 0.25) is 0 Å². The van der Waals surface area contributed by atoms with Crippen LogP contribution in [0, 0.1) is 0 Å². The minimum Gasteiger partial charge on any atom is -0.491 e. The Morgan fingerprint density at radius 3 is 2.55 bits per heavy atom. The molecule has 1 N–H and O–H groups in total. The Morgan fingerprint density at radius 2 is 1.73 bits per heavy atom. The van der Waals surface area contributed by atoms with Crippen LogP contribution in [0.1, 0.15) is 66.8 Å². The molecule has 33 heavy (non-hydrogen) atoms. The maximum absolute atomic E-state index is 13.3. The van der Waals surface area contributed by atoms with Crippen LogP contribution >= 0.6 is 0 Å². The maximum atomic E-state index is 13.3. The highest BCUT2D eigenvalue weighted by atomic mass is 16.5. The molecule has 172 valence electrons. The third-order valence-electron chi connectivity index (χ3n) is 7.83. The summed E-state index contributed by atoms with van der Waals surface area (Å²) in [5.74, 6) is 1.58. The highest BCUT2D eigenvalue weighted by Gasteiger charge is 2.30. The smallest absolute Gasteiger partial charge is 0.253 e.